The van der Waals surface area contributed by atoms with Gasteiger partial charge in [0.05, 0.1) is 22.2 Å². The number of hydrogen-bond donors (Lipinski definition) is 1. The summed E-state index contributed by atoms with van der Waals surface area (Å²) >= 11 is 0. The molecule has 0 saturated carbocycles. The van der Waals surface area contributed by atoms with E-state index in [-0.39, 0.29) is 16.2 Å². The minimum absolute atomic E-state index is 0.137. The molecule has 1 aliphatic rings. The summed E-state index contributed by atoms with van der Waals surface area (Å²) < 4.78 is 29.0. The van der Waals surface area contributed by atoms with Gasteiger partial charge in [-0.3, -0.25) is 4.79 Å². The second kappa shape index (κ2) is 6.93. The monoisotopic (exact) mass is 387 g/mol. The molecule has 1 saturated heterocycles. The molecule has 0 spiro atoms. The number of benzene rings is 2. The Morgan fingerprint density at radius 2 is 1.78 bits per heavy atom. The molecule has 1 heterocycles. The highest BCUT2D eigenvalue weighted by Gasteiger charge is 2.41. The zero-order chi connectivity index (χ0) is 19.8. The van der Waals surface area contributed by atoms with Crippen LogP contribution in [0.15, 0.2) is 63.9 Å². The maximum atomic E-state index is 12.8. The number of aromatic carboxylic acids is 1. The molecule has 140 valence electrons. The van der Waals surface area contributed by atoms with Crippen LogP contribution in [-0.2, 0) is 14.8 Å². The zero-order valence-electron chi connectivity index (χ0n) is 14.6. The second-order valence-electron chi connectivity index (χ2n) is 5.99. The predicted octanol–water partition coefficient (Wildman–Crippen LogP) is 1.80. The first-order valence-corrected chi connectivity index (χ1v) is 9.47. The molecule has 0 aliphatic carbocycles. The van der Waals surface area contributed by atoms with E-state index in [0.717, 1.165) is 6.07 Å². The number of carbonyl (C=O) groups is 2. The number of para-hydroxylation sites is 1. The van der Waals surface area contributed by atoms with Crippen molar-refractivity contribution in [2.75, 3.05) is 12.1 Å². The van der Waals surface area contributed by atoms with Crippen LogP contribution in [0, 0.1) is 0 Å². The van der Waals surface area contributed by atoms with Gasteiger partial charge in [-0.15, -0.1) is 0 Å². The number of hydrazine groups is 1. The average molecular weight is 387 g/mol. The first-order chi connectivity index (χ1) is 12.7. The summed E-state index contributed by atoms with van der Waals surface area (Å²) in [6.07, 6.45) is 0. The van der Waals surface area contributed by atoms with Gasteiger partial charge in [0.2, 0.25) is 0 Å². The van der Waals surface area contributed by atoms with Crippen molar-refractivity contribution in [2.45, 2.75) is 17.9 Å². The van der Waals surface area contributed by atoms with E-state index in [0.29, 0.717) is 5.69 Å². The highest BCUT2D eigenvalue weighted by Crippen LogP contribution is 2.25. The van der Waals surface area contributed by atoms with Gasteiger partial charge in [-0.05, 0) is 37.3 Å². The van der Waals surface area contributed by atoms with Gasteiger partial charge in [-0.2, -0.15) is 12.8 Å². The Bertz CT molecular complexity index is 1030. The minimum Gasteiger partial charge on any atom is -0.478 e. The fraction of sp³-hybridized carbons (Fsp3) is 0.167. The van der Waals surface area contributed by atoms with E-state index >= 15 is 0 Å². The normalized spacial score (nSPS) is 19.6. The lowest BCUT2D eigenvalue weighted by molar-refractivity contribution is -0.113. The summed E-state index contributed by atoms with van der Waals surface area (Å²) in [4.78, 5) is 23.6. The number of sulfonamides is 1. The molecule has 0 aromatic heterocycles. The Balaban J connectivity index is 2.02. The SMILES string of the molecule is CC1C(=NS(=O)(=O)c2cccc(C(=O)O)c2)C(=O)N(c2ccccc2)N1C. The molecule has 1 aliphatic heterocycles. The fourth-order valence-corrected chi connectivity index (χ4v) is 3.86. The number of amides is 1. The standard InChI is InChI=1S/C18H17N3O5S/c1-12-16(17(22)21(20(12)2)14-8-4-3-5-9-14)19-27(25,26)15-10-6-7-13(11-15)18(23)24/h3-12H,1-2H3,(H,23,24). The van der Waals surface area contributed by atoms with Gasteiger partial charge in [0.15, 0.2) is 0 Å². The van der Waals surface area contributed by atoms with Gasteiger partial charge in [-0.25, -0.2) is 14.8 Å². The van der Waals surface area contributed by atoms with Crippen LogP contribution in [0.3, 0.4) is 0 Å². The van der Waals surface area contributed by atoms with Crippen molar-refractivity contribution in [2.24, 2.45) is 4.40 Å². The van der Waals surface area contributed by atoms with Gasteiger partial charge in [0, 0.05) is 7.05 Å². The lowest BCUT2D eigenvalue weighted by atomic mass is 10.2. The molecule has 1 unspecified atom stereocenters. The highest BCUT2D eigenvalue weighted by atomic mass is 32.2. The molecule has 8 nitrogen and oxygen atoms in total. The molecule has 27 heavy (non-hydrogen) atoms. The number of carboxylic acids is 1. The van der Waals surface area contributed by atoms with Crippen LogP contribution < -0.4 is 5.01 Å². The quantitative estimate of drug-likeness (QED) is 0.857. The third-order valence-electron chi connectivity index (χ3n) is 4.28. The average Bonchev–Trinajstić information content (AvgIpc) is 2.85. The smallest absolute Gasteiger partial charge is 0.335 e. The van der Waals surface area contributed by atoms with Gasteiger partial charge in [0.1, 0.15) is 5.71 Å². The van der Waals surface area contributed by atoms with Crippen LogP contribution in [0.1, 0.15) is 17.3 Å². The number of anilines is 1. The molecule has 0 bridgehead atoms. The van der Waals surface area contributed by atoms with E-state index in [9.17, 15) is 18.0 Å². The van der Waals surface area contributed by atoms with Crippen molar-refractivity contribution in [3.63, 3.8) is 0 Å². The van der Waals surface area contributed by atoms with Crippen LogP contribution in [0.4, 0.5) is 5.69 Å². The van der Waals surface area contributed by atoms with Crippen molar-refractivity contribution in [1.29, 1.82) is 0 Å². The number of rotatable bonds is 4. The topological polar surface area (TPSA) is 107 Å². The van der Waals surface area contributed by atoms with Gasteiger partial charge >= 0.3 is 5.97 Å². The van der Waals surface area contributed by atoms with E-state index in [1.165, 1.54) is 23.2 Å². The van der Waals surface area contributed by atoms with Gasteiger partial charge in [0.25, 0.3) is 15.9 Å². The molecule has 1 fully saturated rings. The Morgan fingerprint density at radius 3 is 2.41 bits per heavy atom. The molecule has 9 heteroatoms. The maximum absolute atomic E-state index is 12.8. The number of carbonyl (C=O) groups excluding carboxylic acids is 1. The van der Waals surface area contributed by atoms with Crippen molar-refractivity contribution in [3.05, 3.63) is 60.2 Å². The third kappa shape index (κ3) is 3.46. The second-order valence-corrected chi connectivity index (χ2v) is 7.59. The van der Waals surface area contributed by atoms with E-state index in [1.807, 2.05) is 6.07 Å². The Kier molecular flexibility index (Phi) is 4.81. The van der Waals surface area contributed by atoms with E-state index < -0.39 is 27.9 Å². The van der Waals surface area contributed by atoms with Crippen LogP contribution >= 0.6 is 0 Å². The van der Waals surface area contributed by atoms with Crippen molar-refractivity contribution < 1.29 is 23.1 Å². The Labute approximate surface area is 156 Å². The molecule has 1 atom stereocenters. The lowest BCUT2D eigenvalue weighted by Gasteiger charge is -2.25. The molecule has 2 aromatic rings. The molecule has 0 radical (unpaired) electrons. The highest BCUT2D eigenvalue weighted by molar-refractivity contribution is 7.90. The minimum atomic E-state index is -4.24. The molecule has 3 rings (SSSR count). The summed E-state index contributed by atoms with van der Waals surface area (Å²) in [6, 6.07) is 13.1. The van der Waals surface area contributed by atoms with Gasteiger partial charge < -0.3 is 5.11 Å². The zero-order valence-corrected chi connectivity index (χ0v) is 15.4. The molecule has 1 N–H and O–H groups in total. The first kappa shape index (κ1) is 18.7. The van der Waals surface area contributed by atoms with Crippen molar-refractivity contribution >= 4 is 33.3 Å². The van der Waals surface area contributed by atoms with Crippen molar-refractivity contribution in [3.8, 4) is 0 Å². The number of hydrogen-bond acceptors (Lipinski definition) is 5. The summed E-state index contributed by atoms with van der Waals surface area (Å²) in [5.41, 5.74) is 0.277. The third-order valence-corrected chi connectivity index (χ3v) is 5.57. The Morgan fingerprint density at radius 1 is 1.11 bits per heavy atom. The van der Waals surface area contributed by atoms with Crippen LogP contribution in [0.5, 0.6) is 0 Å². The maximum Gasteiger partial charge on any atom is 0.335 e. The summed E-state index contributed by atoms with van der Waals surface area (Å²) in [5, 5.41) is 12.0. The number of nitrogens with zero attached hydrogens (tertiary/aromatic N) is 3. The first-order valence-electron chi connectivity index (χ1n) is 8.03. The number of carboxylic acid groups (broad SMARTS) is 1. The molecule has 2 aromatic carbocycles. The summed E-state index contributed by atoms with van der Waals surface area (Å²) in [5.74, 6) is -1.80. The van der Waals surface area contributed by atoms with Crippen LogP contribution in [0.25, 0.3) is 0 Å². The van der Waals surface area contributed by atoms with Crippen molar-refractivity contribution in [1.82, 2.24) is 5.01 Å². The molecule has 1 amide bonds. The van der Waals surface area contributed by atoms with E-state index in [4.69, 9.17) is 5.11 Å². The van der Waals surface area contributed by atoms with Gasteiger partial charge in [-0.1, -0.05) is 24.3 Å². The van der Waals surface area contributed by atoms with E-state index in [2.05, 4.69) is 4.40 Å². The Hall–Kier alpha value is -3.04. The van der Waals surface area contributed by atoms with Crippen LogP contribution in [0.2, 0.25) is 0 Å². The lowest BCUT2D eigenvalue weighted by Crippen LogP contribution is -2.38. The largest absolute Gasteiger partial charge is 0.478 e. The molecular weight excluding hydrogens is 370 g/mol. The fourth-order valence-electron chi connectivity index (χ4n) is 2.74. The van der Waals surface area contributed by atoms with Crippen LogP contribution in [-0.4, -0.2) is 49.2 Å². The summed E-state index contributed by atoms with van der Waals surface area (Å²) in [7, 11) is -2.58. The summed E-state index contributed by atoms with van der Waals surface area (Å²) in [6.45, 7) is 1.67. The predicted molar refractivity (Wildman–Crippen MR) is 99.2 cm³/mol. The molecular formula is C18H17N3O5S. The van der Waals surface area contributed by atoms with E-state index in [1.54, 1.807) is 43.2 Å².